The van der Waals surface area contributed by atoms with E-state index in [2.05, 4.69) is 37.4 Å². The summed E-state index contributed by atoms with van der Waals surface area (Å²) in [4.78, 5) is 3.90. The van der Waals surface area contributed by atoms with Crippen LogP contribution in [0.15, 0.2) is 18.5 Å². The highest BCUT2D eigenvalue weighted by atomic mass is 127. The fourth-order valence-corrected chi connectivity index (χ4v) is 1.09. The van der Waals surface area contributed by atoms with Crippen LogP contribution in [0.5, 0.6) is 0 Å². The van der Waals surface area contributed by atoms with Gasteiger partial charge in [-0.15, -0.1) is 0 Å². The van der Waals surface area contributed by atoms with E-state index in [-0.39, 0.29) is 0 Å². The van der Waals surface area contributed by atoms with Gasteiger partial charge in [-0.05, 0) is 20.3 Å². The smallest absolute Gasteiger partial charge is 0.0513 e. The van der Waals surface area contributed by atoms with E-state index >= 15 is 0 Å². The van der Waals surface area contributed by atoms with E-state index in [9.17, 15) is 0 Å². The molecule has 0 aliphatic heterocycles. The van der Waals surface area contributed by atoms with Gasteiger partial charge < -0.3 is 5.73 Å². The van der Waals surface area contributed by atoms with Crippen molar-refractivity contribution >= 4 is 35.8 Å². The van der Waals surface area contributed by atoms with Gasteiger partial charge in [0.05, 0.1) is 5.69 Å². The second-order valence-corrected chi connectivity index (χ2v) is 3.49. The molecule has 0 aliphatic rings. The van der Waals surface area contributed by atoms with Crippen molar-refractivity contribution < 1.29 is 0 Å². The van der Waals surface area contributed by atoms with E-state index in [0.717, 1.165) is 5.56 Å². The Hall–Kier alpha value is -0.410. The summed E-state index contributed by atoms with van der Waals surface area (Å²) in [7, 11) is 1.44. The van der Waals surface area contributed by atoms with Crippen LogP contribution in [-0.4, -0.2) is 4.98 Å². The standard InChI is InChI=1S/C7H5IN2S.C2H6/c8-11-2-1-6-3-7(9)5-10-4-6;1-2/h3-5H,9H2;1-2H3. The van der Waals surface area contributed by atoms with Crippen LogP contribution in [0.2, 0.25) is 0 Å². The highest BCUT2D eigenvalue weighted by Crippen LogP contribution is 2.08. The molecule has 1 heterocycles. The first-order chi connectivity index (χ1) is 6.33. The van der Waals surface area contributed by atoms with Gasteiger partial charge >= 0.3 is 0 Å². The largest absolute Gasteiger partial charge is 0.397 e. The number of anilines is 1. The molecule has 0 saturated carbocycles. The summed E-state index contributed by atoms with van der Waals surface area (Å²) in [6.07, 6.45) is 3.29. The molecule has 13 heavy (non-hydrogen) atoms. The lowest BCUT2D eigenvalue weighted by molar-refractivity contribution is 1.32. The molecule has 0 fully saturated rings. The second kappa shape index (κ2) is 8.20. The third kappa shape index (κ3) is 5.77. The van der Waals surface area contributed by atoms with Crippen molar-refractivity contribution in [1.29, 1.82) is 0 Å². The molecule has 0 unspecified atom stereocenters. The van der Waals surface area contributed by atoms with Crippen molar-refractivity contribution in [1.82, 2.24) is 4.98 Å². The van der Waals surface area contributed by atoms with Crippen molar-refractivity contribution in [2.45, 2.75) is 13.8 Å². The minimum Gasteiger partial charge on any atom is -0.397 e. The van der Waals surface area contributed by atoms with Gasteiger partial charge in [-0.1, -0.05) is 19.8 Å². The van der Waals surface area contributed by atoms with E-state index in [0.29, 0.717) is 5.69 Å². The first-order valence-electron chi connectivity index (χ1n) is 3.82. The van der Waals surface area contributed by atoms with Crippen molar-refractivity contribution in [2.75, 3.05) is 5.73 Å². The van der Waals surface area contributed by atoms with Crippen LogP contribution in [0.4, 0.5) is 5.69 Å². The van der Waals surface area contributed by atoms with Crippen LogP contribution < -0.4 is 5.73 Å². The topological polar surface area (TPSA) is 38.9 Å². The third-order valence-corrected chi connectivity index (χ3v) is 1.83. The molecule has 0 aromatic carbocycles. The van der Waals surface area contributed by atoms with E-state index in [4.69, 9.17) is 5.73 Å². The van der Waals surface area contributed by atoms with Gasteiger partial charge in [-0.3, -0.25) is 4.98 Å². The highest BCUT2D eigenvalue weighted by molar-refractivity contribution is 14.2. The predicted octanol–water partition coefficient (Wildman–Crippen LogP) is 3.08. The predicted molar refractivity (Wildman–Crippen MR) is 68.5 cm³/mol. The molecule has 1 aromatic rings. The number of rotatable bonds is 0. The molecule has 1 rings (SSSR count). The number of nitrogens with zero attached hydrogens (tertiary/aromatic N) is 1. The average molecular weight is 306 g/mol. The molecule has 70 valence electrons. The van der Waals surface area contributed by atoms with E-state index in [1.54, 1.807) is 18.5 Å². The molecule has 0 aliphatic carbocycles. The molecule has 1 aromatic heterocycles. The van der Waals surface area contributed by atoms with Crippen LogP contribution >= 0.6 is 30.1 Å². The van der Waals surface area contributed by atoms with Gasteiger partial charge in [-0.25, -0.2) is 0 Å². The van der Waals surface area contributed by atoms with Gasteiger partial charge in [0.15, 0.2) is 0 Å². The average Bonchev–Trinajstić information content (AvgIpc) is 2.18. The zero-order chi connectivity index (χ0) is 10.1. The first kappa shape index (κ1) is 12.6. The number of pyridine rings is 1. The van der Waals surface area contributed by atoms with Gasteiger partial charge in [0, 0.05) is 39.2 Å². The number of halogens is 1. The summed E-state index contributed by atoms with van der Waals surface area (Å²) >= 11 is 2.11. The normalized spacial score (nSPS) is 7.62. The number of aromatic nitrogens is 1. The Morgan fingerprint density at radius 3 is 2.69 bits per heavy atom. The molecule has 0 atom stereocenters. The molecule has 0 amide bonds. The monoisotopic (exact) mass is 306 g/mol. The van der Waals surface area contributed by atoms with Gasteiger partial charge in [0.2, 0.25) is 0 Å². The van der Waals surface area contributed by atoms with Gasteiger partial charge in [0.1, 0.15) is 0 Å². The summed E-state index contributed by atoms with van der Waals surface area (Å²) in [6.45, 7) is 4.00. The Bertz CT molecular complexity index is 304. The Kier molecular flexibility index (Phi) is 7.94. The van der Waals surface area contributed by atoms with Crippen molar-refractivity contribution in [3.05, 3.63) is 24.0 Å². The maximum atomic E-state index is 5.49. The SMILES string of the molecule is CC.Nc1cncc(C#CSI)c1. The minimum absolute atomic E-state index is 0.648. The van der Waals surface area contributed by atoms with E-state index in [1.165, 1.54) is 8.93 Å². The molecule has 2 nitrogen and oxygen atoms in total. The van der Waals surface area contributed by atoms with Crippen LogP contribution in [0, 0.1) is 11.2 Å². The molecule has 0 bridgehead atoms. The maximum absolute atomic E-state index is 5.49. The zero-order valence-electron chi connectivity index (χ0n) is 7.54. The third-order valence-electron chi connectivity index (χ3n) is 0.993. The number of nitrogens with two attached hydrogens (primary N) is 1. The fraction of sp³-hybridized carbons (Fsp3) is 0.222. The lowest BCUT2D eigenvalue weighted by Gasteiger charge is -1.90. The molecule has 0 radical (unpaired) electrons. The summed E-state index contributed by atoms with van der Waals surface area (Å²) < 4.78 is 0. The highest BCUT2D eigenvalue weighted by Gasteiger charge is 1.87. The lowest BCUT2D eigenvalue weighted by atomic mass is 10.3. The minimum atomic E-state index is 0.648. The summed E-state index contributed by atoms with van der Waals surface area (Å²) in [5.41, 5.74) is 7.00. The van der Waals surface area contributed by atoms with Crippen molar-refractivity contribution in [3.63, 3.8) is 0 Å². The van der Waals surface area contributed by atoms with Crippen molar-refractivity contribution in [2.24, 2.45) is 0 Å². The Balaban J connectivity index is 0.000000671. The van der Waals surface area contributed by atoms with Crippen LogP contribution in [0.25, 0.3) is 0 Å². The summed E-state index contributed by atoms with van der Waals surface area (Å²) in [5.74, 6) is 2.90. The Labute approximate surface area is 95.3 Å². The summed E-state index contributed by atoms with van der Waals surface area (Å²) in [6, 6.07) is 1.80. The summed E-state index contributed by atoms with van der Waals surface area (Å²) in [5, 5.41) is 2.85. The van der Waals surface area contributed by atoms with E-state index in [1.807, 2.05) is 13.8 Å². The van der Waals surface area contributed by atoms with Crippen molar-refractivity contribution in [3.8, 4) is 11.2 Å². The fourth-order valence-electron chi connectivity index (χ4n) is 0.604. The maximum Gasteiger partial charge on any atom is 0.0513 e. The number of hydrogen-bond donors (Lipinski definition) is 1. The van der Waals surface area contributed by atoms with Crippen LogP contribution in [0.1, 0.15) is 19.4 Å². The van der Waals surface area contributed by atoms with Crippen LogP contribution in [0.3, 0.4) is 0 Å². The molecule has 0 saturated heterocycles. The lowest BCUT2D eigenvalue weighted by Crippen LogP contribution is -1.86. The van der Waals surface area contributed by atoms with Gasteiger partial charge in [0.25, 0.3) is 0 Å². The second-order valence-electron chi connectivity index (χ2n) is 1.81. The molecule has 2 N–H and O–H groups in total. The number of hydrogen-bond acceptors (Lipinski definition) is 3. The Morgan fingerprint density at radius 1 is 1.46 bits per heavy atom. The molecule has 4 heteroatoms. The first-order valence-corrected chi connectivity index (χ1v) is 7.18. The number of nitrogen functional groups attached to an aromatic ring is 1. The zero-order valence-corrected chi connectivity index (χ0v) is 10.5. The molecule has 0 spiro atoms. The Morgan fingerprint density at radius 2 is 2.15 bits per heavy atom. The quantitative estimate of drug-likeness (QED) is 0.591. The van der Waals surface area contributed by atoms with Crippen LogP contribution in [-0.2, 0) is 0 Å². The molecular formula is C9H11IN2S. The van der Waals surface area contributed by atoms with E-state index < -0.39 is 0 Å². The molecular weight excluding hydrogens is 295 g/mol. The van der Waals surface area contributed by atoms with Gasteiger partial charge in [-0.2, -0.15) is 0 Å².